The van der Waals surface area contributed by atoms with E-state index < -0.39 is 0 Å². The molecular formula is C15H22O3. The standard InChI is InChI=1S/C15H22O3/c1-3-5-14-6-8-15(9-7-14)18-13-12-17-11-10-16-4-2/h3,6-9H,1,4-5,10-13H2,2H3. The molecule has 1 aromatic rings. The third kappa shape index (κ3) is 6.42. The highest BCUT2D eigenvalue weighted by Gasteiger charge is 1.95. The molecule has 0 bridgehead atoms. The minimum absolute atomic E-state index is 0.562. The van der Waals surface area contributed by atoms with Crippen LogP contribution in [-0.4, -0.2) is 33.0 Å². The Labute approximate surface area is 109 Å². The molecule has 3 heteroatoms. The van der Waals surface area contributed by atoms with Crippen LogP contribution in [-0.2, 0) is 15.9 Å². The van der Waals surface area contributed by atoms with Gasteiger partial charge in [0.25, 0.3) is 0 Å². The smallest absolute Gasteiger partial charge is 0.119 e. The lowest BCUT2D eigenvalue weighted by molar-refractivity contribution is 0.0405. The molecule has 0 unspecified atom stereocenters. The van der Waals surface area contributed by atoms with E-state index in [4.69, 9.17) is 14.2 Å². The first kappa shape index (κ1) is 14.7. The number of ether oxygens (including phenoxy) is 3. The van der Waals surface area contributed by atoms with Gasteiger partial charge >= 0.3 is 0 Å². The molecule has 100 valence electrons. The number of hydrogen-bond acceptors (Lipinski definition) is 3. The Morgan fingerprint density at radius 3 is 2.33 bits per heavy atom. The summed E-state index contributed by atoms with van der Waals surface area (Å²) in [5.74, 6) is 0.872. The summed E-state index contributed by atoms with van der Waals surface area (Å²) in [5.41, 5.74) is 1.24. The van der Waals surface area contributed by atoms with Crippen molar-refractivity contribution in [3.8, 4) is 5.75 Å². The molecule has 18 heavy (non-hydrogen) atoms. The number of rotatable bonds is 10. The average molecular weight is 250 g/mol. The summed E-state index contributed by atoms with van der Waals surface area (Å²) in [5, 5.41) is 0. The topological polar surface area (TPSA) is 27.7 Å². The zero-order chi connectivity index (χ0) is 13.1. The zero-order valence-electron chi connectivity index (χ0n) is 11.1. The first-order chi connectivity index (χ1) is 8.86. The fourth-order valence-corrected chi connectivity index (χ4v) is 1.47. The van der Waals surface area contributed by atoms with Gasteiger partial charge in [0.2, 0.25) is 0 Å². The molecule has 0 aromatic heterocycles. The molecule has 0 spiro atoms. The van der Waals surface area contributed by atoms with Crippen LogP contribution in [0.4, 0.5) is 0 Å². The van der Waals surface area contributed by atoms with Crippen molar-refractivity contribution in [1.82, 2.24) is 0 Å². The van der Waals surface area contributed by atoms with E-state index >= 15 is 0 Å². The van der Waals surface area contributed by atoms with E-state index in [1.54, 1.807) is 0 Å². The molecule has 0 heterocycles. The Balaban J connectivity index is 2.09. The molecule has 0 fully saturated rings. The van der Waals surface area contributed by atoms with Gasteiger partial charge in [-0.25, -0.2) is 0 Å². The summed E-state index contributed by atoms with van der Waals surface area (Å²) >= 11 is 0. The van der Waals surface area contributed by atoms with Crippen molar-refractivity contribution in [2.45, 2.75) is 13.3 Å². The molecule has 0 saturated heterocycles. The van der Waals surface area contributed by atoms with E-state index in [1.807, 2.05) is 37.3 Å². The molecule has 0 aliphatic carbocycles. The number of benzene rings is 1. The molecule has 0 aliphatic rings. The third-order valence-corrected chi connectivity index (χ3v) is 2.38. The van der Waals surface area contributed by atoms with Crippen LogP contribution >= 0.6 is 0 Å². The summed E-state index contributed by atoms with van der Waals surface area (Å²) in [7, 11) is 0. The van der Waals surface area contributed by atoms with E-state index in [1.165, 1.54) is 5.56 Å². The summed E-state index contributed by atoms with van der Waals surface area (Å²) in [6.07, 6.45) is 2.78. The van der Waals surface area contributed by atoms with Gasteiger partial charge in [0.1, 0.15) is 12.4 Å². The lowest BCUT2D eigenvalue weighted by Gasteiger charge is -2.07. The maximum absolute atomic E-state index is 5.55. The van der Waals surface area contributed by atoms with Gasteiger partial charge in [0, 0.05) is 6.61 Å². The van der Waals surface area contributed by atoms with Crippen LogP contribution in [0.2, 0.25) is 0 Å². The molecule has 0 atom stereocenters. The predicted molar refractivity (Wildman–Crippen MR) is 73.2 cm³/mol. The minimum Gasteiger partial charge on any atom is -0.491 e. The van der Waals surface area contributed by atoms with E-state index in [0.717, 1.165) is 18.8 Å². The van der Waals surface area contributed by atoms with Crippen LogP contribution < -0.4 is 4.74 Å². The second kappa shape index (κ2) is 9.68. The monoisotopic (exact) mass is 250 g/mol. The lowest BCUT2D eigenvalue weighted by Crippen LogP contribution is -2.10. The van der Waals surface area contributed by atoms with Crippen molar-refractivity contribution in [2.24, 2.45) is 0 Å². The molecular weight excluding hydrogens is 228 g/mol. The van der Waals surface area contributed by atoms with Crippen molar-refractivity contribution in [3.63, 3.8) is 0 Å². The van der Waals surface area contributed by atoms with Crippen LogP contribution in [0.25, 0.3) is 0 Å². The fraction of sp³-hybridized carbons (Fsp3) is 0.467. The summed E-state index contributed by atoms with van der Waals surface area (Å²) < 4.78 is 16.1. The van der Waals surface area contributed by atoms with Crippen molar-refractivity contribution in [3.05, 3.63) is 42.5 Å². The molecule has 0 aliphatic heterocycles. The molecule has 3 nitrogen and oxygen atoms in total. The van der Waals surface area contributed by atoms with Crippen LogP contribution in [0.3, 0.4) is 0 Å². The molecule has 1 rings (SSSR count). The first-order valence-corrected chi connectivity index (χ1v) is 6.35. The van der Waals surface area contributed by atoms with E-state index in [0.29, 0.717) is 26.4 Å². The van der Waals surface area contributed by atoms with Crippen LogP contribution in [0.5, 0.6) is 5.75 Å². The highest BCUT2D eigenvalue weighted by atomic mass is 16.5. The fourth-order valence-electron chi connectivity index (χ4n) is 1.47. The van der Waals surface area contributed by atoms with Gasteiger partial charge in [0.05, 0.1) is 19.8 Å². The summed E-state index contributed by atoms with van der Waals surface area (Å²) in [4.78, 5) is 0. The maximum atomic E-state index is 5.55. The van der Waals surface area contributed by atoms with Gasteiger partial charge in [-0.3, -0.25) is 0 Å². The average Bonchev–Trinajstić information content (AvgIpc) is 2.40. The van der Waals surface area contributed by atoms with E-state index in [9.17, 15) is 0 Å². The Hall–Kier alpha value is -1.32. The SMILES string of the molecule is C=CCc1ccc(OCCOCCOCC)cc1. The summed E-state index contributed by atoms with van der Waals surface area (Å²) in [6, 6.07) is 8.04. The van der Waals surface area contributed by atoms with Crippen molar-refractivity contribution in [1.29, 1.82) is 0 Å². The second-order valence-corrected chi connectivity index (χ2v) is 3.79. The Bertz CT molecular complexity index is 319. The van der Waals surface area contributed by atoms with Crippen LogP contribution in [0.1, 0.15) is 12.5 Å². The molecule has 0 radical (unpaired) electrons. The Morgan fingerprint density at radius 1 is 1.00 bits per heavy atom. The van der Waals surface area contributed by atoms with Gasteiger partial charge in [-0.2, -0.15) is 0 Å². The normalized spacial score (nSPS) is 10.3. The zero-order valence-corrected chi connectivity index (χ0v) is 11.1. The van der Waals surface area contributed by atoms with Gasteiger partial charge in [-0.15, -0.1) is 6.58 Å². The minimum atomic E-state index is 0.562. The Kier molecular flexibility index (Phi) is 7.93. The van der Waals surface area contributed by atoms with Gasteiger partial charge in [-0.1, -0.05) is 18.2 Å². The van der Waals surface area contributed by atoms with Gasteiger partial charge < -0.3 is 14.2 Å². The highest BCUT2D eigenvalue weighted by Crippen LogP contribution is 2.12. The largest absolute Gasteiger partial charge is 0.491 e. The number of hydrogen-bond donors (Lipinski definition) is 0. The van der Waals surface area contributed by atoms with Gasteiger partial charge in [0.15, 0.2) is 0 Å². The third-order valence-electron chi connectivity index (χ3n) is 2.38. The quantitative estimate of drug-likeness (QED) is 0.472. The Morgan fingerprint density at radius 2 is 1.67 bits per heavy atom. The second-order valence-electron chi connectivity index (χ2n) is 3.79. The van der Waals surface area contributed by atoms with E-state index in [2.05, 4.69) is 6.58 Å². The molecule has 1 aromatic carbocycles. The van der Waals surface area contributed by atoms with Crippen LogP contribution in [0, 0.1) is 0 Å². The van der Waals surface area contributed by atoms with Gasteiger partial charge in [-0.05, 0) is 31.0 Å². The van der Waals surface area contributed by atoms with Crippen molar-refractivity contribution >= 4 is 0 Å². The number of allylic oxidation sites excluding steroid dienone is 1. The van der Waals surface area contributed by atoms with Crippen LogP contribution in [0.15, 0.2) is 36.9 Å². The predicted octanol–water partition coefficient (Wildman–Crippen LogP) is 2.85. The molecule has 0 saturated carbocycles. The summed E-state index contributed by atoms with van der Waals surface area (Å²) in [6.45, 7) is 8.83. The molecule has 0 N–H and O–H groups in total. The highest BCUT2D eigenvalue weighted by molar-refractivity contribution is 5.28. The maximum Gasteiger partial charge on any atom is 0.119 e. The van der Waals surface area contributed by atoms with E-state index in [-0.39, 0.29) is 0 Å². The van der Waals surface area contributed by atoms with Crippen molar-refractivity contribution < 1.29 is 14.2 Å². The van der Waals surface area contributed by atoms with Crippen molar-refractivity contribution in [2.75, 3.05) is 33.0 Å². The molecule has 0 amide bonds. The first-order valence-electron chi connectivity index (χ1n) is 6.35. The lowest BCUT2D eigenvalue weighted by atomic mass is 10.1.